The zero-order valence-electron chi connectivity index (χ0n) is 26.7. The minimum atomic E-state index is -0.362. The molecule has 0 amide bonds. The van der Waals surface area contributed by atoms with E-state index in [9.17, 15) is 9.59 Å². The summed E-state index contributed by atoms with van der Waals surface area (Å²) in [6.45, 7) is 10.0. The van der Waals surface area contributed by atoms with Crippen LogP contribution >= 0.6 is 0 Å². The molecule has 8 saturated carbocycles. The van der Waals surface area contributed by atoms with Gasteiger partial charge in [0.1, 0.15) is 12.2 Å². The lowest BCUT2D eigenvalue weighted by Crippen LogP contribution is -2.56. The van der Waals surface area contributed by atoms with E-state index in [0.717, 1.165) is 36.5 Å². The van der Waals surface area contributed by atoms with E-state index in [4.69, 9.17) is 4.74 Å². The molecule has 8 rings (SSSR count). The van der Waals surface area contributed by atoms with E-state index in [1.54, 1.807) is 0 Å². The van der Waals surface area contributed by atoms with Crippen LogP contribution in [0.2, 0.25) is 0 Å². The average molecular weight is 563 g/mol. The summed E-state index contributed by atoms with van der Waals surface area (Å²) in [7, 11) is 0. The van der Waals surface area contributed by atoms with Crippen LogP contribution in [0.3, 0.4) is 0 Å². The lowest BCUT2D eigenvalue weighted by Gasteiger charge is -2.61. The van der Waals surface area contributed by atoms with Gasteiger partial charge in [-0.25, -0.2) is 0 Å². The average Bonchev–Trinajstić information content (AvgIpc) is 3.36. The molecule has 0 heterocycles. The van der Waals surface area contributed by atoms with Crippen LogP contribution in [0.4, 0.5) is 0 Å². The molecule has 8 aliphatic rings. The number of carbonyl (C=O) groups is 2. The number of ketones is 2. The molecule has 8 fully saturated rings. The Morgan fingerprint density at radius 3 is 1.37 bits per heavy atom. The Balaban J connectivity index is 1.03. The van der Waals surface area contributed by atoms with Gasteiger partial charge in [0.05, 0.1) is 0 Å². The minimum Gasteiger partial charge on any atom is -0.358 e. The van der Waals surface area contributed by atoms with Gasteiger partial charge in [-0.05, 0) is 135 Å². The summed E-state index contributed by atoms with van der Waals surface area (Å²) in [6.07, 6.45) is 22.1. The van der Waals surface area contributed by atoms with Crippen molar-refractivity contribution in [3.8, 4) is 0 Å². The molecule has 0 spiro atoms. The Kier molecular flexibility index (Phi) is 6.38. The topological polar surface area (TPSA) is 43.4 Å². The molecule has 0 aromatic rings. The van der Waals surface area contributed by atoms with E-state index in [1.807, 2.05) is 0 Å². The molecule has 2 unspecified atom stereocenters. The summed E-state index contributed by atoms with van der Waals surface area (Å²) in [5.41, 5.74) is 0.795. The highest BCUT2D eigenvalue weighted by molar-refractivity contribution is 5.90. The van der Waals surface area contributed by atoms with Crippen LogP contribution in [0.5, 0.6) is 0 Å². The van der Waals surface area contributed by atoms with Gasteiger partial charge in [-0.1, -0.05) is 53.4 Å². The first-order valence-electron chi connectivity index (χ1n) is 18.3. The summed E-state index contributed by atoms with van der Waals surface area (Å²) in [5, 5.41) is 0. The molecule has 0 saturated heterocycles. The Morgan fingerprint density at radius 2 is 0.927 bits per heavy atom. The lowest BCUT2D eigenvalue weighted by atomic mass is 9.45. The summed E-state index contributed by atoms with van der Waals surface area (Å²) >= 11 is 0. The highest BCUT2D eigenvalue weighted by Crippen LogP contribution is 2.69. The van der Waals surface area contributed by atoms with Gasteiger partial charge in [-0.15, -0.1) is 0 Å². The monoisotopic (exact) mass is 562 g/mol. The fourth-order valence-corrected chi connectivity index (χ4v) is 14.7. The van der Waals surface area contributed by atoms with Crippen LogP contribution in [0.15, 0.2) is 0 Å². The Labute approximate surface area is 250 Å². The van der Waals surface area contributed by atoms with E-state index < -0.39 is 0 Å². The second-order valence-electron chi connectivity index (χ2n) is 18.1. The Bertz CT molecular complexity index is 1010. The molecule has 41 heavy (non-hydrogen) atoms. The van der Waals surface area contributed by atoms with Crippen LogP contribution in [-0.4, -0.2) is 23.8 Å². The maximum Gasteiger partial charge on any atom is 0.162 e. The SMILES string of the molecule is C[C@]12CC[C@H]3[C@@H](CCC4CCCC[C@@]43C)[C@@H]1CC(=O)[C@@H]2O[C@H]1C(=O)C[C@H]2[C@@H]3CCC4CCCC[C@]4(C)[C@H]3CC[C@]12C. The third-order valence-electron chi connectivity index (χ3n) is 16.9. The van der Waals surface area contributed by atoms with Crippen molar-refractivity contribution in [3.63, 3.8) is 0 Å². The quantitative estimate of drug-likeness (QED) is 0.337. The number of hydrogen-bond donors (Lipinski definition) is 0. The fourth-order valence-electron chi connectivity index (χ4n) is 14.7. The van der Waals surface area contributed by atoms with Gasteiger partial charge in [-0.2, -0.15) is 0 Å². The van der Waals surface area contributed by atoms with Crippen LogP contribution in [0.1, 0.15) is 143 Å². The predicted molar refractivity (Wildman–Crippen MR) is 162 cm³/mol. The van der Waals surface area contributed by atoms with Gasteiger partial charge in [0.15, 0.2) is 11.6 Å². The van der Waals surface area contributed by atoms with Crippen molar-refractivity contribution in [2.75, 3.05) is 0 Å². The van der Waals surface area contributed by atoms with Crippen molar-refractivity contribution in [1.82, 2.24) is 0 Å². The smallest absolute Gasteiger partial charge is 0.162 e. The van der Waals surface area contributed by atoms with Gasteiger partial charge < -0.3 is 4.74 Å². The van der Waals surface area contributed by atoms with E-state index >= 15 is 0 Å². The summed E-state index contributed by atoms with van der Waals surface area (Å²) in [6, 6.07) is 0. The van der Waals surface area contributed by atoms with Crippen molar-refractivity contribution in [2.24, 2.45) is 69.0 Å². The van der Waals surface area contributed by atoms with Crippen LogP contribution in [0.25, 0.3) is 0 Å². The molecule has 8 aliphatic carbocycles. The molecule has 0 radical (unpaired) electrons. The number of ether oxygens (including phenoxy) is 1. The normalized spacial score (nSPS) is 58.0. The van der Waals surface area contributed by atoms with Crippen molar-refractivity contribution in [2.45, 2.75) is 155 Å². The van der Waals surface area contributed by atoms with E-state index in [-0.39, 0.29) is 23.0 Å². The first kappa shape index (κ1) is 27.8. The summed E-state index contributed by atoms with van der Waals surface area (Å²) in [4.78, 5) is 27.9. The second-order valence-corrected chi connectivity index (χ2v) is 18.1. The van der Waals surface area contributed by atoms with Crippen molar-refractivity contribution in [3.05, 3.63) is 0 Å². The summed E-state index contributed by atoms with van der Waals surface area (Å²) < 4.78 is 7.07. The number of Topliss-reactive ketones (excluding diaryl/α,β-unsaturated/α-hetero) is 2. The highest BCUT2D eigenvalue weighted by Gasteiger charge is 2.66. The minimum absolute atomic E-state index is 0.0876. The predicted octanol–water partition coefficient (Wildman–Crippen LogP) is 8.96. The number of fused-ring (bicyclic) bond motifs is 10. The third kappa shape index (κ3) is 3.72. The zero-order valence-corrected chi connectivity index (χ0v) is 26.7. The van der Waals surface area contributed by atoms with Crippen molar-refractivity contribution >= 4 is 11.6 Å². The number of hydrogen-bond acceptors (Lipinski definition) is 3. The molecule has 14 atom stereocenters. The van der Waals surface area contributed by atoms with Crippen LogP contribution in [-0.2, 0) is 14.3 Å². The van der Waals surface area contributed by atoms with Gasteiger partial charge in [-0.3, -0.25) is 9.59 Å². The van der Waals surface area contributed by atoms with Gasteiger partial charge in [0.2, 0.25) is 0 Å². The van der Waals surface area contributed by atoms with Crippen molar-refractivity contribution in [1.29, 1.82) is 0 Å². The third-order valence-corrected chi connectivity index (χ3v) is 16.9. The molecule has 3 heteroatoms. The number of carbonyl (C=O) groups excluding carboxylic acids is 2. The lowest BCUT2D eigenvalue weighted by molar-refractivity contribution is -0.178. The Morgan fingerprint density at radius 1 is 0.488 bits per heavy atom. The van der Waals surface area contributed by atoms with Crippen molar-refractivity contribution < 1.29 is 14.3 Å². The number of rotatable bonds is 2. The molecular weight excluding hydrogens is 504 g/mol. The molecule has 0 bridgehead atoms. The highest BCUT2D eigenvalue weighted by atomic mass is 16.5. The first-order chi connectivity index (χ1) is 19.6. The van der Waals surface area contributed by atoms with E-state index in [2.05, 4.69) is 27.7 Å². The van der Waals surface area contributed by atoms with Crippen LogP contribution in [0, 0.1) is 69.0 Å². The maximum absolute atomic E-state index is 13.9. The maximum atomic E-state index is 13.9. The molecule has 0 N–H and O–H groups in total. The van der Waals surface area contributed by atoms with Gasteiger partial charge in [0, 0.05) is 23.7 Å². The largest absolute Gasteiger partial charge is 0.358 e. The Hall–Kier alpha value is -0.700. The first-order valence-corrected chi connectivity index (χ1v) is 18.3. The van der Waals surface area contributed by atoms with E-state index in [0.29, 0.717) is 58.9 Å². The van der Waals surface area contributed by atoms with Gasteiger partial charge >= 0.3 is 0 Å². The standard InChI is InChI=1S/C38H58O3/c1-35-17-7-5-9-23(35)11-13-25-27(35)15-19-37(3)29(25)21-31(39)33(37)41-34-32(40)22-30-26-14-12-24-10-6-8-18-36(24,2)28(26)16-20-38(30,34)4/h23-30,33-34H,5-22H2,1-4H3/t23?,24?,25-,26-,27+,28+,29+,30+,33+,34+,35+,36+,37+,38+/m1/s1. The molecule has 0 aromatic carbocycles. The van der Waals surface area contributed by atoms with Crippen LogP contribution < -0.4 is 0 Å². The zero-order chi connectivity index (χ0) is 28.4. The molecule has 0 aliphatic heterocycles. The molecule has 0 aromatic heterocycles. The fraction of sp³-hybridized carbons (Fsp3) is 0.947. The second kappa shape index (κ2) is 9.40. The van der Waals surface area contributed by atoms with Gasteiger partial charge in [0.25, 0.3) is 0 Å². The molecule has 228 valence electrons. The summed E-state index contributed by atoms with van der Waals surface area (Å²) in [5.74, 6) is 6.30. The molecular formula is C38H58O3. The van der Waals surface area contributed by atoms with E-state index in [1.165, 1.54) is 89.9 Å². The molecule has 3 nitrogen and oxygen atoms in total.